The molecular weight excluding hydrogens is 374 g/mol. The molecule has 0 saturated heterocycles. The number of ether oxygens (including phenoxy) is 2. The minimum atomic E-state index is -1.16. The molecule has 0 aliphatic heterocycles. The number of benzene rings is 1. The molecule has 1 aromatic rings. The average Bonchev–Trinajstić information content (AvgIpc) is 2.74. The van der Waals surface area contributed by atoms with E-state index in [1.807, 2.05) is 0 Å². The largest absolute Gasteiger partial charge is 0.491 e. The molecule has 0 aromatic heterocycles. The van der Waals surface area contributed by atoms with Crippen LogP contribution in [0.4, 0.5) is 8.78 Å². The van der Waals surface area contributed by atoms with E-state index in [4.69, 9.17) is 9.47 Å². The van der Waals surface area contributed by atoms with Gasteiger partial charge in [-0.3, -0.25) is 4.79 Å². The molecule has 3 rings (SSSR count). The van der Waals surface area contributed by atoms with Crippen LogP contribution in [-0.4, -0.2) is 12.6 Å². The zero-order valence-electron chi connectivity index (χ0n) is 17.7. The zero-order chi connectivity index (χ0) is 20.8. The first-order chi connectivity index (χ1) is 14.0. The molecular formula is C24H34F2O3. The maximum atomic E-state index is 14.2. The maximum Gasteiger partial charge on any atom is 0.314 e. The van der Waals surface area contributed by atoms with E-state index in [0.29, 0.717) is 5.92 Å². The molecule has 0 amide bonds. The van der Waals surface area contributed by atoms with Crippen LogP contribution in [0.15, 0.2) is 12.1 Å². The van der Waals surface area contributed by atoms with Crippen molar-refractivity contribution in [3.8, 4) is 11.5 Å². The summed E-state index contributed by atoms with van der Waals surface area (Å²) >= 11 is 0. The van der Waals surface area contributed by atoms with Gasteiger partial charge in [0, 0.05) is 0 Å². The molecule has 5 heteroatoms. The lowest BCUT2D eigenvalue weighted by Gasteiger charge is -2.37. The summed E-state index contributed by atoms with van der Waals surface area (Å²) < 4.78 is 38.4. The molecule has 29 heavy (non-hydrogen) atoms. The monoisotopic (exact) mass is 408 g/mol. The molecule has 0 unspecified atom stereocenters. The van der Waals surface area contributed by atoms with Gasteiger partial charge in [-0.1, -0.05) is 32.6 Å². The second-order valence-corrected chi connectivity index (χ2v) is 8.73. The van der Waals surface area contributed by atoms with Crippen molar-refractivity contribution in [1.82, 2.24) is 0 Å². The predicted octanol–water partition coefficient (Wildman–Crippen LogP) is 6.68. The van der Waals surface area contributed by atoms with Crippen LogP contribution in [0.5, 0.6) is 11.5 Å². The fourth-order valence-corrected chi connectivity index (χ4v) is 5.23. The quantitative estimate of drug-likeness (QED) is 0.373. The SMILES string of the molecule is CCC[C@H]1CC[C@H](C2CCC(C(=O)Oc3ccc(OCC)c(F)c3F)CC2)CC1. The Labute approximate surface area is 173 Å². The summed E-state index contributed by atoms with van der Waals surface area (Å²) in [5, 5.41) is 0. The number of hydrogen-bond donors (Lipinski definition) is 0. The van der Waals surface area contributed by atoms with E-state index in [1.54, 1.807) is 6.92 Å². The van der Waals surface area contributed by atoms with Crippen molar-refractivity contribution in [2.75, 3.05) is 6.61 Å². The molecule has 162 valence electrons. The van der Waals surface area contributed by atoms with Crippen molar-refractivity contribution in [1.29, 1.82) is 0 Å². The maximum absolute atomic E-state index is 14.2. The third-order valence-corrected chi connectivity index (χ3v) is 6.88. The van der Waals surface area contributed by atoms with Gasteiger partial charge in [-0.15, -0.1) is 0 Å². The highest BCUT2D eigenvalue weighted by Gasteiger charge is 2.34. The lowest BCUT2D eigenvalue weighted by molar-refractivity contribution is -0.140. The number of carbonyl (C=O) groups is 1. The van der Waals surface area contributed by atoms with Gasteiger partial charge in [-0.2, -0.15) is 8.78 Å². The first kappa shape index (κ1) is 22.0. The molecule has 0 bridgehead atoms. The van der Waals surface area contributed by atoms with Crippen LogP contribution in [0, 0.1) is 35.3 Å². The minimum Gasteiger partial charge on any atom is -0.491 e. The molecule has 0 N–H and O–H groups in total. The number of carbonyl (C=O) groups excluding carboxylic acids is 1. The van der Waals surface area contributed by atoms with Crippen molar-refractivity contribution in [2.45, 2.75) is 78.1 Å². The van der Waals surface area contributed by atoms with Gasteiger partial charge in [-0.05, 0) is 75.3 Å². The Hall–Kier alpha value is -1.65. The standard InChI is InChI=1S/C24H34F2O3/c1-3-5-16-6-8-17(9-7-16)18-10-12-19(13-11-18)24(27)29-21-15-14-20(28-4-2)22(25)23(21)26/h14-19H,3-13H2,1-2H3/t16-,17-,18?,19?. The van der Waals surface area contributed by atoms with E-state index in [9.17, 15) is 13.6 Å². The van der Waals surface area contributed by atoms with Crippen LogP contribution in [0.25, 0.3) is 0 Å². The second kappa shape index (κ2) is 10.4. The van der Waals surface area contributed by atoms with Crippen LogP contribution in [0.3, 0.4) is 0 Å². The Morgan fingerprint density at radius 2 is 1.45 bits per heavy atom. The van der Waals surface area contributed by atoms with Crippen LogP contribution in [0.2, 0.25) is 0 Å². The number of hydrogen-bond acceptors (Lipinski definition) is 3. The van der Waals surface area contributed by atoms with Crippen LogP contribution in [-0.2, 0) is 4.79 Å². The summed E-state index contributed by atoms with van der Waals surface area (Å²) in [6.07, 6.45) is 11.6. The summed E-state index contributed by atoms with van der Waals surface area (Å²) in [6, 6.07) is 2.57. The number of halogens is 2. The van der Waals surface area contributed by atoms with Crippen molar-refractivity contribution < 1.29 is 23.0 Å². The van der Waals surface area contributed by atoms with Crippen LogP contribution < -0.4 is 9.47 Å². The fourth-order valence-electron chi connectivity index (χ4n) is 5.23. The van der Waals surface area contributed by atoms with Crippen LogP contribution >= 0.6 is 0 Å². The lowest BCUT2D eigenvalue weighted by Crippen LogP contribution is -2.30. The second-order valence-electron chi connectivity index (χ2n) is 8.73. The Kier molecular flexibility index (Phi) is 7.91. The Bertz CT molecular complexity index is 675. The van der Waals surface area contributed by atoms with Crippen molar-refractivity contribution in [2.24, 2.45) is 23.7 Å². The Morgan fingerprint density at radius 1 is 0.897 bits per heavy atom. The molecule has 2 fully saturated rings. The van der Waals surface area contributed by atoms with Gasteiger partial charge in [0.25, 0.3) is 0 Å². The van der Waals surface area contributed by atoms with Crippen molar-refractivity contribution >= 4 is 5.97 Å². The highest BCUT2D eigenvalue weighted by molar-refractivity contribution is 5.75. The first-order valence-electron chi connectivity index (χ1n) is 11.4. The van der Waals surface area contributed by atoms with E-state index < -0.39 is 17.6 Å². The zero-order valence-corrected chi connectivity index (χ0v) is 17.7. The van der Waals surface area contributed by atoms with Gasteiger partial charge in [-0.25, -0.2) is 0 Å². The van der Waals surface area contributed by atoms with Gasteiger partial charge in [0.2, 0.25) is 11.6 Å². The normalized spacial score (nSPS) is 27.4. The van der Waals surface area contributed by atoms with Gasteiger partial charge in [0.1, 0.15) is 0 Å². The topological polar surface area (TPSA) is 35.5 Å². The summed E-state index contributed by atoms with van der Waals surface area (Å²) in [7, 11) is 0. The smallest absolute Gasteiger partial charge is 0.314 e. The third kappa shape index (κ3) is 5.49. The molecule has 0 spiro atoms. The van der Waals surface area contributed by atoms with Gasteiger partial charge in [0.05, 0.1) is 12.5 Å². The van der Waals surface area contributed by atoms with Crippen molar-refractivity contribution in [3.63, 3.8) is 0 Å². The van der Waals surface area contributed by atoms with E-state index in [0.717, 1.165) is 37.5 Å². The van der Waals surface area contributed by atoms with E-state index >= 15 is 0 Å². The third-order valence-electron chi connectivity index (χ3n) is 6.88. The predicted molar refractivity (Wildman–Crippen MR) is 109 cm³/mol. The van der Waals surface area contributed by atoms with Gasteiger partial charge >= 0.3 is 5.97 Å². The first-order valence-corrected chi connectivity index (χ1v) is 11.4. The minimum absolute atomic E-state index is 0.168. The highest BCUT2D eigenvalue weighted by atomic mass is 19.2. The van der Waals surface area contributed by atoms with E-state index in [-0.39, 0.29) is 24.0 Å². The Balaban J connectivity index is 1.49. The molecule has 2 aliphatic carbocycles. The summed E-state index contributed by atoms with van der Waals surface area (Å²) in [6.45, 7) is 4.19. The summed E-state index contributed by atoms with van der Waals surface area (Å²) in [5.74, 6) is -1.08. The molecule has 3 nitrogen and oxygen atoms in total. The number of rotatable bonds is 7. The van der Waals surface area contributed by atoms with Gasteiger partial charge in [0.15, 0.2) is 11.5 Å². The number of esters is 1. The van der Waals surface area contributed by atoms with Crippen LogP contribution in [0.1, 0.15) is 78.1 Å². The molecule has 1 aromatic carbocycles. The van der Waals surface area contributed by atoms with Gasteiger partial charge < -0.3 is 9.47 Å². The Morgan fingerprint density at radius 3 is 2.03 bits per heavy atom. The molecule has 0 atom stereocenters. The van der Waals surface area contributed by atoms with E-state index in [2.05, 4.69) is 6.92 Å². The lowest BCUT2D eigenvalue weighted by atomic mass is 9.69. The fraction of sp³-hybridized carbons (Fsp3) is 0.708. The molecule has 0 radical (unpaired) electrons. The molecule has 2 aliphatic rings. The highest BCUT2D eigenvalue weighted by Crippen LogP contribution is 2.42. The summed E-state index contributed by atoms with van der Waals surface area (Å²) in [5.41, 5.74) is 0. The molecule has 0 heterocycles. The molecule has 2 saturated carbocycles. The average molecular weight is 409 g/mol. The van der Waals surface area contributed by atoms with E-state index in [1.165, 1.54) is 50.7 Å². The van der Waals surface area contributed by atoms with Crippen molar-refractivity contribution in [3.05, 3.63) is 23.8 Å². The summed E-state index contributed by atoms with van der Waals surface area (Å²) in [4.78, 5) is 12.5.